The van der Waals surface area contributed by atoms with E-state index in [1.807, 2.05) is 0 Å². The summed E-state index contributed by atoms with van der Waals surface area (Å²) in [5.41, 5.74) is -1.67. The van der Waals surface area contributed by atoms with Crippen molar-refractivity contribution in [2.75, 3.05) is 5.88 Å². The van der Waals surface area contributed by atoms with Crippen LogP contribution >= 0.6 is 11.6 Å². The van der Waals surface area contributed by atoms with Gasteiger partial charge in [0.2, 0.25) is 0 Å². The van der Waals surface area contributed by atoms with E-state index < -0.39 is 23.2 Å². The minimum Gasteiger partial charge on any atom is -0.393 e. The summed E-state index contributed by atoms with van der Waals surface area (Å²) in [6.45, 7) is 9.03. The van der Waals surface area contributed by atoms with Gasteiger partial charge in [-0.05, 0) is 104 Å². The van der Waals surface area contributed by atoms with Crippen molar-refractivity contribution in [2.45, 2.75) is 110 Å². The third-order valence-electron chi connectivity index (χ3n) is 12.5. The summed E-state index contributed by atoms with van der Waals surface area (Å²) < 4.78 is 0. The van der Waals surface area contributed by atoms with Crippen molar-refractivity contribution in [1.29, 1.82) is 0 Å². The van der Waals surface area contributed by atoms with Crippen LogP contribution in [0.4, 0.5) is 0 Å². The van der Waals surface area contributed by atoms with Gasteiger partial charge < -0.3 is 15.3 Å². The van der Waals surface area contributed by atoms with Gasteiger partial charge in [-0.2, -0.15) is 0 Å². The molecule has 0 aromatic carbocycles. The van der Waals surface area contributed by atoms with Gasteiger partial charge in [-0.3, -0.25) is 4.79 Å². The molecule has 3 N–H and O–H groups in total. The molecule has 5 aliphatic carbocycles. The van der Waals surface area contributed by atoms with Gasteiger partial charge >= 0.3 is 0 Å². The van der Waals surface area contributed by atoms with Gasteiger partial charge in [0.1, 0.15) is 11.4 Å². The molecule has 5 saturated carbocycles. The first-order valence-electron chi connectivity index (χ1n) is 14.1. The van der Waals surface area contributed by atoms with Gasteiger partial charge in [-0.25, -0.2) is 0 Å². The van der Waals surface area contributed by atoms with E-state index in [4.69, 9.17) is 11.6 Å². The second kappa shape index (κ2) is 8.71. The van der Waals surface area contributed by atoms with Crippen molar-refractivity contribution in [3.63, 3.8) is 0 Å². The summed E-state index contributed by atoms with van der Waals surface area (Å²) in [7, 11) is 0. The van der Waals surface area contributed by atoms with Crippen molar-refractivity contribution >= 4 is 17.4 Å². The monoisotopic (exact) mass is 494 g/mol. The normalized spacial score (nSPS) is 51.6. The molecule has 0 aliphatic heterocycles. The molecule has 0 aromatic rings. The summed E-state index contributed by atoms with van der Waals surface area (Å²) in [6.07, 6.45) is 7.55. The number of ketones is 1. The molecule has 4 nitrogen and oxygen atoms in total. The number of hydrogen-bond donors (Lipinski definition) is 3. The molecule has 5 heteroatoms. The number of fused-ring (bicyclic) bond motifs is 5. The van der Waals surface area contributed by atoms with E-state index in [2.05, 4.69) is 27.7 Å². The fourth-order valence-electron chi connectivity index (χ4n) is 10.1. The molecule has 194 valence electrons. The van der Waals surface area contributed by atoms with Crippen LogP contribution in [-0.4, -0.2) is 44.8 Å². The van der Waals surface area contributed by atoms with Gasteiger partial charge in [0, 0.05) is 18.3 Å². The molecule has 5 fully saturated rings. The Labute approximate surface area is 211 Å². The van der Waals surface area contributed by atoms with Crippen molar-refractivity contribution in [2.24, 2.45) is 58.2 Å². The lowest BCUT2D eigenvalue weighted by atomic mass is 9.43. The second-order valence-corrected chi connectivity index (χ2v) is 14.1. The van der Waals surface area contributed by atoms with Gasteiger partial charge in [-0.15, -0.1) is 11.6 Å². The molecular formula is C29H47ClO4. The van der Waals surface area contributed by atoms with Crippen LogP contribution < -0.4 is 0 Å². The Morgan fingerprint density at radius 1 is 1.15 bits per heavy atom. The summed E-state index contributed by atoms with van der Waals surface area (Å²) in [5.74, 6) is 3.71. The molecule has 34 heavy (non-hydrogen) atoms. The first kappa shape index (κ1) is 25.5. The first-order valence-corrected chi connectivity index (χ1v) is 14.7. The fraction of sp³-hybridized carbons (Fsp3) is 0.966. The van der Waals surface area contributed by atoms with Crippen LogP contribution in [0.25, 0.3) is 0 Å². The van der Waals surface area contributed by atoms with Crippen LogP contribution in [0.1, 0.15) is 91.9 Å². The molecule has 0 unspecified atom stereocenters. The predicted octanol–water partition coefficient (Wildman–Crippen LogP) is 5.20. The number of carbonyl (C=O) groups is 1. The molecule has 0 bridgehead atoms. The fourth-order valence-corrected chi connectivity index (χ4v) is 10.5. The van der Waals surface area contributed by atoms with Crippen LogP contribution in [0.5, 0.6) is 0 Å². The van der Waals surface area contributed by atoms with E-state index in [0.717, 1.165) is 44.9 Å². The van der Waals surface area contributed by atoms with E-state index in [0.29, 0.717) is 60.1 Å². The zero-order valence-electron chi connectivity index (χ0n) is 21.7. The van der Waals surface area contributed by atoms with Crippen LogP contribution in [0, 0.1) is 58.2 Å². The first-order chi connectivity index (χ1) is 16.0. The highest BCUT2D eigenvalue weighted by molar-refractivity contribution is 6.18. The highest BCUT2D eigenvalue weighted by Gasteiger charge is 2.67. The SMILES string of the molecule is C[C@@H]1C[C@H]1[C@H](C)C[C@@H](O)[C@](O)(CCl)[C@H]1CC[C@H]2[C@@H]3CC[C@@H]4CC(=O)CC[C@]4(C)[C@H]3C[C@@H](O)[C@]12C. The number of rotatable bonds is 6. The Bertz CT molecular complexity index is 803. The highest BCUT2D eigenvalue weighted by Crippen LogP contribution is 2.68. The van der Waals surface area contributed by atoms with Gasteiger partial charge in [0.05, 0.1) is 18.1 Å². The van der Waals surface area contributed by atoms with Gasteiger partial charge in [0.15, 0.2) is 0 Å². The van der Waals surface area contributed by atoms with E-state index in [9.17, 15) is 20.1 Å². The molecule has 5 aliphatic rings. The predicted molar refractivity (Wildman–Crippen MR) is 134 cm³/mol. The zero-order chi connectivity index (χ0) is 24.6. The topological polar surface area (TPSA) is 77.8 Å². The van der Waals surface area contributed by atoms with E-state index in [1.165, 1.54) is 6.42 Å². The Hall–Kier alpha value is -0.160. The average molecular weight is 495 g/mol. The van der Waals surface area contributed by atoms with Gasteiger partial charge in [-0.1, -0.05) is 27.7 Å². The number of hydrogen-bond acceptors (Lipinski definition) is 4. The van der Waals surface area contributed by atoms with Crippen molar-refractivity contribution in [3.05, 3.63) is 0 Å². The van der Waals surface area contributed by atoms with Crippen molar-refractivity contribution in [1.82, 2.24) is 0 Å². The lowest BCUT2D eigenvalue weighted by molar-refractivity contribution is -0.201. The number of aliphatic hydroxyl groups excluding tert-OH is 2. The largest absolute Gasteiger partial charge is 0.393 e. The Kier molecular flexibility index (Phi) is 6.53. The van der Waals surface area contributed by atoms with Gasteiger partial charge in [0.25, 0.3) is 0 Å². The molecule has 0 aromatic heterocycles. The minimum absolute atomic E-state index is 0.0107. The summed E-state index contributed by atoms with van der Waals surface area (Å²) in [6, 6.07) is 0. The highest BCUT2D eigenvalue weighted by atomic mass is 35.5. The zero-order valence-corrected chi connectivity index (χ0v) is 22.4. The number of aliphatic hydroxyl groups is 3. The Morgan fingerprint density at radius 2 is 1.85 bits per heavy atom. The van der Waals surface area contributed by atoms with E-state index >= 15 is 0 Å². The molecule has 5 rings (SSSR count). The van der Waals surface area contributed by atoms with Crippen molar-refractivity contribution < 1.29 is 20.1 Å². The molecular weight excluding hydrogens is 448 g/mol. The molecule has 0 amide bonds. The summed E-state index contributed by atoms with van der Waals surface area (Å²) >= 11 is 6.47. The van der Waals surface area contributed by atoms with Crippen LogP contribution in [-0.2, 0) is 4.79 Å². The second-order valence-electron chi connectivity index (χ2n) is 13.9. The number of halogens is 1. The summed E-state index contributed by atoms with van der Waals surface area (Å²) in [5, 5.41) is 35.1. The number of carbonyl (C=O) groups excluding carboxylic acids is 1. The summed E-state index contributed by atoms with van der Waals surface area (Å²) in [4.78, 5) is 12.2. The standard InChI is InChI=1S/C29H47ClO4/c1-16-11-21(16)17(2)12-26(33)29(34,15-30)24-8-7-22-20-6-5-18-13-19(31)9-10-27(18,3)23(20)14-25(32)28(22,24)4/h16-18,20-26,32-34H,5-15H2,1-4H3/t16-,17-,18-,20+,21-,22+,23+,24+,25-,26-,27+,28+,29+/m1/s1. The minimum atomic E-state index is -1.37. The van der Waals surface area contributed by atoms with Crippen molar-refractivity contribution in [3.8, 4) is 0 Å². The maximum Gasteiger partial charge on any atom is 0.133 e. The molecule has 0 saturated heterocycles. The molecule has 0 spiro atoms. The Morgan fingerprint density at radius 3 is 2.50 bits per heavy atom. The van der Waals surface area contributed by atoms with Crippen LogP contribution in [0.15, 0.2) is 0 Å². The third kappa shape index (κ3) is 3.67. The van der Waals surface area contributed by atoms with E-state index in [-0.39, 0.29) is 17.2 Å². The van der Waals surface area contributed by atoms with Crippen LogP contribution in [0.2, 0.25) is 0 Å². The lowest BCUT2D eigenvalue weighted by Crippen LogP contribution is -2.63. The number of alkyl halides is 1. The number of Topliss-reactive ketones (excluding diaryl/α,β-unsaturated/α-hetero) is 1. The lowest BCUT2D eigenvalue weighted by Gasteiger charge is -2.62. The maximum absolute atomic E-state index is 12.2. The average Bonchev–Trinajstić information content (AvgIpc) is 3.42. The molecule has 0 heterocycles. The maximum atomic E-state index is 12.2. The van der Waals surface area contributed by atoms with E-state index in [1.54, 1.807) is 0 Å². The smallest absolute Gasteiger partial charge is 0.133 e. The molecule has 0 radical (unpaired) electrons. The third-order valence-corrected chi connectivity index (χ3v) is 12.9. The van der Waals surface area contributed by atoms with Crippen LogP contribution in [0.3, 0.4) is 0 Å². The quantitative estimate of drug-likeness (QED) is 0.443. The molecule has 13 atom stereocenters. The Balaban J connectivity index is 1.39.